The Bertz CT molecular complexity index is 192. The third kappa shape index (κ3) is 17.5. The van der Waals surface area contributed by atoms with Crippen molar-refractivity contribution in [1.29, 1.82) is 0 Å². The Kier molecular flexibility index (Phi) is 21.6. The summed E-state index contributed by atoms with van der Waals surface area (Å²) in [6, 6.07) is 0. The van der Waals surface area contributed by atoms with Crippen LogP contribution in [0.5, 0.6) is 0 Å². The monoisotopic (exact) mass is 639 g/mol. The molecule has 0 aromatic rings. The fraction of sp³-hybridized carbons (Fsp3) is 1.00. The van der Waals surface area contributed by atoms with Crippen LogP contribution in [0.15, 0.2) is 0 Å². The average molecular weight is 644 g/mol. The van der Waals surface area contributed by atoms with Gasteiger partial charge < -0.3 is 8.97 Å². The number of rotatable bonds is 8. The van der Waals surface area contributed by atoms with Crippen molar-refractivity contribution in [3.8, 4) is 0 Å². The second kappa shape index (κ2) is 16.5. The van der Waals surface area contributed by atoms with E-state index in [1.54, 1.807) is 0 Å². The van der Waals surface area contributed by atoms with E-state index in [2.05, 4.69) is 112 Å². The molecule has 0 bridgehead atoms. The fourth-order valence-electron chi connectivity index (χ4n) is 2.68. The fourth-order valence-corrected chi connectivity index (χ4v) is 2.68. The number of hydrogen-bond donors (Lipinski definition) is 0. The molecule has 0 aliphatic heterocycles. The molecule has 0 atom stereocenters. The normalized spacial score (nSPS) is 12.7. The summed E-state index contributed by atoms with van der Waals surface area (Å²) in [6.45, 7) is 28.4. The molecule has 0 fully saturated rings. The van der Waals surface area contributed by atoms with Gasteiger partial charge in [-0.2, -0.15) is 0 Å². The van der Waals surface area contributed by atoms with Crippen molar-refractivity contribution in [2.24, 2.45) is 0 Å². The van der Waals surface area contributed by atoms with Gasteiger partial charge in [-0.15, -0.1) is 0 Å². The zero-order valence-electron chi connectivity index (χ0n) is 16.4. The molecule has 0 aromatic heterocycles. The molecule has 0 unspecified atom stereocenters. The van der Waals surface area contributed by atoms with Gasteiger partial charge in [0.2, 0.25) is 0 Å². The molecule has 0 aliphatic carbocycles. The van der Waals surface area contributed by atoms with E-state index in [4.69, 9.17) is 0 Å². The third-order valence-corrected chi connectivity index (χ3v) is 5.37. The summed E-state index contributed by atoms with van der Waals surface area (Å²) in [4.78, 5) is 0. The van der Waals surface area contributed by atoms with Crippen molar-refractivity contribution >= 4 is 56.4 Å². The van der Waals surface area contributed by atoms with E-state index in [-0.39, 0.29) is 0 Å². The van der Waals surface area contributed by atoms with E-state index in [9.17, 15) is 0 Å². The minimum atomic E-state index is -0.875. The quantitative estimate of drug-likeness (QED) is 0.195. The zero-order valence-corrected chi connectivity index (χ0v) is 23.7. The molecule has 2 nitrogen and oxygen atoms in total. The number of quaternary nitrogens is 2. The van der Waals surface area contributed by atoms with Gasteiger partial charge in [0.1, 0.15) is 0 Å². The van der Waals surface area contributed by atoms with Crippen LogP contribution >= 0.6 is 56.4 Å². The van der Waals surface area contributed by atoms with Crippen LogP contribution in [0, 0.1) is 0 Å². The van der Waals surface area contributed by atoms with Gasteiger partial charge >= 0.3 is 62.1 Å². The topological polar surface area (TPSA) is 0 Å². The van der Waals surface area contributed by atoms with Gasteiger partial charge in [0.05, 0.1) is 52.4 Å². The molecule has 23 heavy (non-hydrogen) atoms. The van der Waals surface area contributed by atoms with Crippen LogP contribution in [0.25, 0.3) is 0 Å². The maximum atomic E-state index is 3.20. The van der Waals surface area contributed by atoms with Crippen LogP contribution in [0.2, 0.25) is 0 Å². The predicted octanol–water partition coefficient (Wildman–Crippen LogP) is 7.15. The van der Waals surface area contributed by atoms with Crippen LogP contribution in [-0.2, 0) is 5.61 Å². The van der Waals surface area contributed by atoms with E-state index in [1.165, 1.54) is 61.3 Å². The Morgan fingerprint density at radius 3 is 0.522 bits per heavy atom. The predicted molar refractivity (Wildman–Crippen MR) is 121 cm³/mol. The van der Waals surface area contributed by atoms with Gasteiger partial charge in [-0.05, 0) is 55.4 Å². The first-order valence-electron chi connectivity index (χ1n) is 8.64. The summed E-state index contributed by atoms with van der Waals surface area (Å²) in [5.41, 5.74) is -0.875. The number of hydrogen-bond acceptors (Lipinski definition) is 0. The molecule has 0 rings (SSSR count). The van der Waals surface area contributed by atoms with Crippen LogP contribution in [0.1, 0.15) is 55.4 Å². The van der Waals surface area contributed by atoms with Crippen molar-refractivity contribution < 1.29 is 14.6 Å². The Morgan fingerprint density at radius 1 is 0.435 bits per heavy atom. The van der Waals surface area contributed by atoms with Gasteiger partial charge in [-0.25, -0.2) is 0 Å². The van der Waals surface area contributed by atoms with Crippen LogP contribution in [-0.4, -0.2) is 61.3 Å². The minimum absolute atomic E-state index is 0.875. The molecule has 7 heteroatoms. The van der Waals surface area contributed by atoms with Gasteiger partial charge in [0.15, 0.2) is 0 Å². The van der Waals surface area contributed by atoms with Crippen molar-refractivity contribution in [3.05, 3.63) is 0 Å². The summed E-state index contributed by atoms with van der Waals surface area (Å²) in [5, 5.41) is 0. The summed E-state index contributed by atoms with van der Waals surface area (Å²) in [6.07, 6.45) is 0. The molecule has 0 saturated heterocycles. The van der Waals surface area contributed by atoms with E-state index >= 15 is 0 Å². The first-order chi connectivity index (χ1) is 10.5. The van der Waals surface area contributed by atoms with Gasteiger partial charge in [-0.3, -0.25) is 0 Å². The molecule has 0 aliphatic rings. The molecule has 0 amide bonds. The Labute approximate surface area is 177 Å². The molecule has 0 spiro atoms. The van der Waals surface area contributed by atoms with Gasteiger partial charge in [0, 0.05) is 0 Å². The SMILES string of the molecule is CC[N+](CC)(CC)CC.CC[N+](CC)(CC)CC.[Br][Cu-2]([Br])([Br])[Br]. The molecular formula is C16H40Br4CuN2. The number of nitrogens with zero attached hydrogens (tertiary/aromatic N) is 2. The Hall–Kier alpha value is 2.36. The summed E-state index contributed by atoms with van der Waals surface area (Å²) < 4.78 is 2.56. The van der Waals surface area contributed by atoms with E-state index in [1.807, 2.05) is 0 Å². The average Bonchev–Trinajstić information content (AvgIpc) is 2.52. The molecule has 0 saturated carbocycles. The molecule has 153 valence electrons. The summed E-state index contributed by atoms with van der Waals surface area (Å²) >= 11 is 12.8. The molecule has 0 heterocycles. The van der Waals surface area contributed by atoms with Crippen molar-refractivity contribution in [3.63, 3.8) is 0 Å². The first kappa shape index (κ1) is 30.1. The number of halogens is 4. The maximum absolute atomic E-state index is 3.20. The van der Waals surface area contributed by atoms with Gasteiger partial charge in [0.25, 0.3) is 0 Å². The molecule has 0 aromatic carbocycles. The van der Waals surface area contributed by atoms with Gasteiger partial charge in [-0.1, -0.05) is 0 Å². The van der Waals surface area contributed by atoms with E-state index < -0.39 is 5.61 Å². The first-order valence-corrected chi connectivity index (χ1v) is 18.0. The van der Waals surface area contributed by atoms with Crippen molar-refractivity contribution in [1.82, 2.24) is 0 Å². The van der Waals surface area contributed by atoms with Crippen LogP contribution in [0.4, 0.5) is 0 Å². The van der Waals surface area contributed by atoms with Crippen LogP contribution < -0.4 is 0 Å². The molecular weight excluding hydrogens is 603 g/mol. The van der Waals surface area contributed by atoms with Crippen molar-refractivity contribution in [2.45, 2.75) is 55.4 Å². The third-order valence-electron chi connectivity index (χ3n) is 5.37. The Balaban J connectivity index is -0.000000273. The summed E-state index contributed by atoms with van der Waals surface area (Å²) in [5.74, 6) is 0. The summed E-state index contributed by atoms with van der Waals surface area (Å²) in [7, 11) is 0. The second-order valence-electron chi connectivity index (χ2n) is 5.47. The standard InChI is InChI=1S/2C8H20N.4BrH.Cu/c2*1-5-9(6-2,7-3)8-4;;;;;/h2*5-8H2,1-4H3;4*1H;/q2*+1;;;;;+2/p-4. The van der Waals surface area contributed by atoms with Crippen LogP contribution in [0.3, 0.4) is 0 Å². The van der Waals surface area contributed by atoms with Crippen molar-refractivity contribution in [2.75, 3.05) is 52.4 Å². The Morgan fingerprint density at radius 2 is 0.522 bits per heavy atom. The molecule has 0 N–H and O–H groups in total. The van der Waals surface area contributed by atoms with E-state index in [0.717, 1.165) is 0 Å². The zero-order chi connectivity index (χ0) is 19.2. The second-order valence-corrected chi connectivity index (χ2v) is 34.0. The molecule has 0 radical (unpaired) electrons. The van der Waals surface area contributed by atoms with E-state index in [0.29, 0.717) is 0 Å².